The van der Waals surface area contributed by atoms with E-state index in [1.165, 1.54) is 16.8 Å². The molecule has 1 N–H and O–H groups in total. The van der Waals surface area contributed by atoms with Crippen LogP contribution in [0.25, 0.3) is 0 Å². The SMILES string of the molecule is CCc1cccc2c1NCC(C)C2N1CCOCC1. The van der Waals surface area contributed by atoms with Crippen LogP contribution in [0.1, 0.15) is 31.0 Å². The van der Waals surface area contributed by atoms with Crippen molar-refractivity contribution in [2.75, 3.05) is 38.2 Å². The van der Waals surface area contributed by atoms with Gasteiger partial charge in [-0.25, -0.2) is 0 Å². The van der Waals surface area contributed by atoms with Crippen LogP contribution in [-0.4, -0.2) is 37.7 Å². The van der Waals surface area contributed by atoms with E-state index >= 15 is 0 Å². The number of nitrogens with zero attached hydrogens (tertiary/aromatic N) is 1. The molecule has 1 fully saturated rings. The first kappa shape index (κ1) is 12.9. The lowest BCUT2D eigenvalue weighted by atomic mass is 9.86. The molecule has 2 unspecified atom stereocenters. The predicted molar refractivity (Wildman–Crippen MR) is 78.6 cm³/mol. The van der Waals surface area contributed by atoms with Gasteiger partial charge in [-0.15, -0.1) is 0 Å². The lowest BCUT2D eigenvalue weighted by molar-refractivity contribution is 0.00417. The highest BCUT2D eigenvalue weighted by atomic mass is 16.5. The minimum Gasteiger partial charge on any atom is -0.384 e. The minimum absolute atomic E-state index is 0.548. The standard InChI is InChI=1S/C16H24N2O/c1-3-13-5-4-6-14-15(13)17-11-12(2)16(14)18-7-9-19-10-8-18/h4-6,12,16-17H,3,7-11H2,1-2H3. The van der Waals surface area contributed by atoms with Crippen molar-refractivity contribution in [2.45, 2.75) is 26.3 Å². The first-order valence-electron chi connectivity index (χ1n) is 7.48. The summed E-state index contributed by atoms with van der Waals surface area (Å²) in [5.41, 5.74) is 4.32. The largest absolute Gasteiger partial charge is 0.384 e. The summed E-state index contributed by atoms with van der Waals surface area (Å²) in [6, 6.07) is 7.31. The van der Waals surface area contributed by atoms with E-state index in [-0.39, 0.29) is 0 Å². The van der Waals surface area contributed by atoms with Crippen LogP contribution in [0.15, 0.2) is 18.2 Å². The normalized spacial score (nSPS) is 27.7. The Labute approximate surface area is 115 Å². The number of nitrogens with one attached hydrogen (secondary N) is 1. The number of hydrogen-bond donors (Lipinski definition) is 1. The average molecular weight is 260 g/mol. The van der Waals surface area contributed by atoms with Crippen molar-refractivity contribution in [1.82, 2.24) is 4.90 Å². The van der Waals surface area contributed by atoms with Gasteiger partial charge in [0.25, 0.3) is 0 Å². The third kappa shape index (κ3) is 2.37. The van der Waals surface area contributed by atoms with Gasteiger partial charge in [0.2, 0.25) is 0 Å². The fourth-order valence-electron chi connectivity index (χ4n) is 3.47. The van der Waals surface area contributed by atoms with Gasteiger partial charge in [-0.2, -0.15) is 0 Å². The van der Waals surface area contributed by atoms with Gasteiger partial charge in [0.1, 0.15) is 0 Å². The second-order valence-electron chi connectivity index (χ2n) is 5.69. The van der Waals surface area contributed by atoms with Gasteiger partial charge in [-0.05, 0) is 23.5 Å². The van der Waals surface area contributed by atoms with Crippen LogP contribution in [0.3, 0.4) is 0 Å². The van der Waals surface area contributed by atoms with E-state index in [1.807, 2.05) is 0 Å². The molecule has 0 amide bonds. The van der Waals surface area contributed by atoms with Crippen LogP contribution in [-0.2, 0) is 11.2 Å². The maximum atomic E-state index is 5.50. The quantitative estimate of drug-likeness (QED) is 0.885. The maximum absolute atomic E-state index is 5.50. The van der Waals surface area contributed by atoms with Crippen LogP contribution in [0.2, 0.25) is 0 Å². The first-order chi connectivity index (χ1) is 9.31. The number of ether oxygens (including phenoxy) is 1. The maximum Gasteiger partial charge on any atom is 0.0594 e. The molecule has 1 aromatic carbocycles. The Morgan fingerprint density at radius 1 is 1.32 bits per heavy atom. The summed E-state index contributed by atoms with van der Waals surface area (Å²) in [6.07, 6.45) is 1.10. The van der Waals surface area contributed by atoms with Crippen LogP contribution in [0.5, 0.6) is 0 Å². The van der Waals surface area contributed by atoms with E-state index in [0.29, 0.717) is 12.0 Å². The molecular weight excluding hydrogens is 236 g/mol. The number of benzene rings is 1. The molecule has 2 heterocycles. The number of rotatable bonds is 2. The molecule has 0 radical (unpaired) electrons. The Morgan fingerprint density at radius 2 is 2.11 bits per heavy atom. The van der Waals surface area contributed by atoms with Gasteiger partial charge in [-0.1, -0.05) is 32.0 Å². The lowest BCUT2D eigenvalue weighted by Crippen LogP contribution is -2.44. The molecule has 0 spiro atoms. The first-order valence-corrected chi connectivity index (χ1v) is 7.48. The van der Waals surface area contributed by atoms with Gasteiger partial charge in [0, 0.05) is 31.4 Å². The van der Waals surface area contributed by atoms with Gasteiger partial charge >= 0.3 is 0 Å². The van der Waals surface area contributed by atoms with E-state index in [9.17, 15) is 0 Å². The summed E-state index contributed by atoms with van der Waals surface area (Å²) in [5.74, 6) is 0.651. The van der Waals surface area contributed by atoms with E-state index in [0.717, 1.165) is 39.3 Å². The molecule has 3 rings (SSSR count). The molecule has 104 valence electrons. The molecule has 2 aliphatic heterocycles. The molecule has 19 heavy (non-hydrogen) atoms. The van der Waals surface area contributed by atoms with Crippen molar-refractivity contribution in [3.05, 3.63) is 29.3 Å². The summed E-state index contributed by atoms with van der Waals surface area (Å²) in [5, 5.41) is 3.64. The number of morpholine rings is 1. The number of para-hydroxylation sites is 1. The van der Waals surface area contributed by atoms with Crippen LogP contribution < -0.4 is 5.32 Å². The van der Waals surface area contributed by atoms with Crippen molar-refractivity contribution in [2.24, 2.45) is 5.92 Å². The summed E-state index contributed by atoms with van der Waals surface area (Å²) >= 11 is 0. The molecule has 2 aliphatic rings. The van der Waals surface area contributed by atoms with E-state index < -0.39 is 0 Å². The zero-order valence-corrected chi connectivity index (χ0v) is 12.0. The van der Waals surface area contributed by atoms with Crippen molar-refractivity contribution in [3.63, 3.8) is 0 Å². The average Bonchev–Trinajstić information content (AvgIpc) is 2.47. The molecule has 1 saturated heterocycles. The molecule has 0 saturated carbocycles. The zero-order valence-electron chi connectivity index (χ0n) is 12.0. The highest BCUT2D eigenvalue weighted by Crippen LogP contribution is 2.39. The summed E-state index contributed by atoms with van der Waals surface area (Å²) in [6.45, 7) is 9.54. The van der Waals surface area contributed by atoms with Crippen molar-refractivity contribution < 1.29 is 4.74 Å². The molecular formula is C16H24N2O. The monoisotopic (exact) mass is 260 g/mol. The third-order valence-corrected chi connectivity index (χ3v) is 4.46. The predicted octanol–water partition coefficient (Wildman–Crippen LogP) is 2.68. The van der Waals surface area contributed by atoms with Gasteiger partial charge < -0.3 is 10.1 Å². The molecule has 0 aliphatic carbocycles. The van der Waals surface area contributed by atoms with Crippen LogP contribution >= 0.6 is 0 Å². The molecule has 1 aromatic rings. The summed E-state index contributed by atoms with van der Waals surface area (Å²) in [4.78, 5) is 2.60. The third-order valence-electron chi connectivity index (χ3n) is 4.46. The Kier molecular flexibility index (Phi) is 3.76. The second-order valence-corrected chi connectivity index (χ2v) is 5.69. The highest BCUT2D eigenvalue weighted by Gasteiger charge is 2.32. The number of anilines is 1. The smallest absolute Gasteiger partial charge is 0.0594 e. The number of hydrogen-bond acceptors (Lipinski definition) is 3. The molecule has 3 nitrogen and oxygen atoms in total. The topological polar surface area (TPSA) is 24.5 Å². The number of aryl methyl sites for hydroxylation is 1. The molecule has 2 atom stereocenters. The summed E-state index contributed by atoms with van der Waals surface area (Å²) < 4.78 is 5.50. The van der Waals surface area contributed by atoms with Crippen LogP contribution in [0.4, 0.5) is 5.69 Å². The van der Waals surface area contributed by atoms with Crippen molar-refractivity contribution >= 4 is 5.69 Å². The van der Waals surface area contributed by atoms with E-state index in [1.54, 1.807) is 0 Å². The fourth-order valence-corrected chi connectivity index (χ4v) is 3.47. The van der Waals surface area contributed by atoms with E-state index in [4.69, 9.17) is 4.74 Å². The van der Waals surface area contributed by atoms with Gasteiger partial charge in [0.05, 0.1) is 13.2 Å². The lowest BCUT2D eigenvalue weighted by Gasteiger charge is -2.42. The van der Waals surface area contributed by atoms with Crippen molar-refractivity contribution in [3.8, 4) is 0 Å². The Morgan fingerprint density at radius 3 is 2.84 bits per heavy atom. The Hall–Kier alpha value is -1.06. The zero-order chi connectivity index (χ0) is 13.2. The second kappa shape index (κ2) is 5.51. The molecule has 0 aromatic heterocycles. The van der Waals surface area contributed by atoms with Gasteiger partial charge in [-0.3, -0.25) is 4.90 Å². The van der Waals surface area contributed by atoms with Gasteiger partial charge in [0.15, 0.2) is 0 Å². The Balaban J connectivity index is 1.96. The fraction of sp³-hybridized carbons (Fsp3) is 0.625. The Bertz CT molecular complexity index is 440. The number of fused-ring (bicyclic) bond motifs is 1. The summed E-state index contributed by atoms with van der Waals surface area (Å²) in [7, 11) is 0. The van der Waals surface area contributed by atoms with Crippen molar-refractivity contribution in [1.29, 1.82) is 0 Å². The highest BCUT2D eigenvalue weighted by molar-refractivity contribution is 5.61. The molecule has 0 bridgehead atoms. The van der Waals surface area contributed by atoms with E-state index in [2.05, 4.69) is 42.3 Å². The van der Waals surface area contributed by atoms with Crippen LogP contribution in [0, 0.1) is 5.92 Å². The molecule has 3 heteroatoms. The minimum atomic E-state index is 0.548.